The van der Waals surface area contributed by atoms with Gasteiger partial charge in [-0.05, 0) is 70.6 Å². The fourth-order valence-electron chi connectivity index (χ4n) is 6.45. The standard InChI is InChI=1S/C45H80O10/c1-3-5-7-9-11-13-15-17-19-21-23-25-27-29-31-33-40(47)52-36-38(37-53-45-44(51)43(50)42(49)39(35-46)55-45)54-41(48)34-32-30-28-26-24-22-20-18-16-14-12-10-8-6-4-2/h13,15,18,20,24,26,38-39,42-46,49-51H,3-12,14,16-17,19,21-23,25,27-37H2,1-2H3/b15-13+,20-18+,26-24+/t38-,39-,42+,43?,44?,45-/m0/s1. The van der Waals surface area contributed by atoms with Crippen LogP contribution in [0.15, 0.2) is 36.5 Å². The van der Waals surface area contributed by atoms with Crippen LogP contribution >= 0.6 is 0 Å². The first-order valence-corrected chi connectivity index (χ1v) is 22.1. The largest absolute Gasteiger partial charge is 0.462 e. The SMILES string of the molecule is CCCCCC/C=C/CCCCCCCCCC(=O)OC[C@@H](CO[C@H]1O[C@@H](CO)[C@@H](O)C(O)C1O)OC(=O)CCCC/C=C/C/C=C/CCCCCCCC. The van der Waals surface area contributed by atoms with Crippen LogP contribution in [0.2, 0.25) is 0 Å². The van der Waals surface area contributed by atoms with Crippen molar-refractivity contribution in [2.24, 2.45) is 0 Å². The van der Waals surface area contributed by atoms with Crippen molar-refractivity contribution < 1.29 is 49.0 Å². The van der Waals surface area contributed by atoms with Crippen molar-refractivity contribution >= 4 is 11.9 Å². The lowest BCUT2D eigenvalue weighted by atomic mass is 9.99. The number of carbonyl (C=O) groups excluding carboxylic acids is 2. The van der Waals surface area contributed by atoms with Gasteiger partial charge in [-0.15, -0.1) is 0 Å². The number of hydrogen-bond acceptors (Lipinski definition) is 10. The number of allylic oxidation sites excluding steroid dienone is 6. The van der Waals surface area contributed by atoms with Gasteiger partial charge in [0.25, 0.3) is 0 Å². The maximum atomic E-state index is 12.7. The Morgan fingerprint density at radius 2 is 1.02 bits per heavy atom. The van der Waals surface area contributed by atoms with E-state index < -0.39 is 49.4 Å². The lowest BCUT2D eigenvalue weighted by Gasteiger charge is -2.39. The third kappa shape index (κ3) is 28.0. The molecule has 0 aromatic rings. The van der Waals surface area contributed by atoms with Gasteiger partial charge in [0.15, 0.2) is 12.4 Å². The molecule has 4 N–H and O–H groups in total. The zero-order valence-electron chi connectivity index (χ0n) is 34.7. The first-order chi connectivity index (χ1) is 26.8. The molecule has 0 bridgehead atoms. The van der Waals surface area contributed by atoms with E-state index in [-0.39, 0.29) is 32.0 Å². The Kier molecular flexibility index (Phi) is 33.6. The van der Waals surface area contributed by atoms with E-state index in [4.69, 9.17) is 18.9 Å². The molecule has 10 heteroatoms. The van der Waals surface area contributed by atoms with Gasteiger partial charge in [0, 0.05) is 12.8 Å². The summed E-state index contributed by atoms with van der Waals surface area (Å²) in [7, 11) is 0. The maximum Gasteiger partial charge on any atom is 0.306 e. The van der Waals surface area contributed by atoms with E-state index in [1.54, 1.807) is 0 Å². The van der Waals surface area contributed by atoms with E-state index in [1.807, 2.05) is 0 Å². The molecular weight excluding hydrogens is 700 g/mol. The first kappa shape index (κ1) is 50.9. The molecule has 2 unspecified atom stereocenters. The second-order valence-electron chi connectivity index (χ2n) is 15.1. The normalized spacial score (nSPS) is 20.9. The Hall–Kier alpha value is -2.08. The number of rotatable bonds is 36. The maximum absolute atomic E-state index is 12.7. The molecule has 1 fully saturated rings. The van der Waals surface area contributed by atoms with E-state index in [0.717, 1.165) is 57.8 Å². The van der Waals surface area contributed by atoms with E-state index >= 15 is 0 Å². The van der Waals surface area contributed by atoms with E-state index in [0.29, 0.717) is 6.42 Å². The van der Waals surface area contributed by atoms with Crippen molar-refractivity contribution in [2.45, 2.75) is 218 Å². The Labute approximate surface area is 334 Å². The van der Waals surface area contributed by atoms with Crippen LogP contribution in [0.5, 0.6) is 0 Å². The summed E-state index contributed by atoms with van der Waals surface area (Å²) in [6.45, 7) is 3.36. The average molecular weight is 781 g/mol. The monoisotopic (exact) mass is 781 g/mol. The van der Waals surface area contributed by atoms with Gasteiger partial charge < -0.3 is 39.4 Å². The van der Waals surface area contributed by atoms with Crippen LogP contribution in [0.3, 0.4) is 0 Å². The Bertz CT molecular complexity index is 996. The molecule has 0 aromatic carbocycles. The summed E-state index contributed by atoms with van der Waals surface area (Å²) in [5.74, 6) is -0.849. The van der Waals surface area contributed by atoms with Crippen molar-refractivity contribution in [3.8, 4) is 0 Å². The van der Waals surface area contributed by atoms with Crippen LogP contribution in [0.25, 0.3) is 0 Å². The van der Waals surface area contributed by atoms with Crippen molar-refractivity contribution in [1.82, 2.24) is 0 Å². The molecule has 1 aliphatic rings. The van der Waals surface area contributed by atoms with Crippen LogP contribution in [0.4, 0.5) is 0 Å². The molecule has 1 saturated heterocycles. The van der Waals surface area contributed by atoms with Crippen molar-refractivity contribution in [3.63, 3.8) is 0 Å². The van der Waals surface area contributed by atoms with Gasteiger partial charge in [0.2, 0.25) is 0 Å². The molecule has 0 spiro atoms. The van der Waals surface area contributed by atoms with Crippen LogP contribution in [0.1, 0.15) is 181 Å². The fourth-order valence-corrected chi connectivity index (χ4v) is 6.45. The molecule has 1 heterocycles. The molecule has 0 amide bonds. The van der Waals surface area contributed by atoms with Gasteiger partial charge in [-0.2, -0.15) is 0 Å². The number of unbranched alkanes of at least 4 members (excludes halogenated alkanes) is 19. The summed E-state index contributed by atoms with van der Waals surface area (Å²) in [5, 5.41) is 40.0. The summed E-state index contributed by atoms with van der Waals surface area (Å²) < 4.78 is 22.1. The molecular formula is C45H80O10. The van der Waals surface area contributed by atoms with Crippen LogP contribution in [0, 0.1) is 0 Å². The minimum atomic E-state index is -1.60. The minimum absolute atomic E-state index is 0.187. The molecule has 0 aromatic heterocycles. The van der Waals surface area contributed by atoms with E-state index in [9.17, 15) is 30.0 Å². The van der Waals surface area contributed by atoms with Gasteiger partial charge in [0.1, 0.15) is 31.0 Å². The first-order valence-electron chi connectivity index (χ1n) is 22.1. The lowest BCUT2D eigenvalue weighted by Crippen LogP contribution is -2.59. The molecule has 55 heavy (non-hydrogen) atoms. The predicted molar refractivity (Wildman–Crippen MR) is 219 cm³/mol. The van der Waals surface area contributed by atoms with Gasteiger partial charge in [-0.1, -0.05) is 134 Å². The highest BCUT2D eigenvalue weighted by atomic mass is 16.7. The molecule has 0 radical (unpaired) electrons. The predicted octanol–water partition coefficient (Wildman–Crippen LogP) is 9.11. The van der Waals surface area contributed by atoms with Gasteiger partial charge in [-0.25, -0.2) is 0 Å². The van der Waals surface area contributed by atoms with Gasteiger partial charge in [0.05, 0.1) is 13.2 Å². The highest BCUT2D eigenvalue weighted by Gasteiger charge is 2.44. The van der Waals surface area contributed by atoms with Crippen LogP contribution < -0.4 is 0 Å². The molecule has 10 nitrogen and oxygen atoms in total. The zero-order valence-corrected chi connectivity index (χ0v) is 34.7. The van der Waals surface area contributed by atoms with Crippen LogP contribution in [-0.4, -0.2) is 89.0 Å². The average Bonchev–Trinajstić information content (AvgIpc) is 3.18. The quantitative estimate of drug-likeness (QED) is 0.0275. The second kappa shape index (κ2) is 36.3. The van der Waals surface area contributed by atoms with Crippen LogP contribution in [-0.2, 0) is 28.5 Å². The highest BCUT2D eigenvalue weighted by Crippen LogP contribution is 2.22. The number of ether oxygens (including phenoxy) is 4. The minimum Gasteiger partial charge on any atom is -0.462 e. The Balaban J connectivity index is 2.37. The number of aliphatic hydroxyl groups is 4. The van der Waals surface area contributed by atoms with E-state index in [1.165, 1.54) is 89.9 Å². The summed E-state index contributed by atoms with van der Waals surface area (Å²) in [5.41, 5.74) is 0. The van der Waals surface area contributed by atoms with Gasteiger partial charge >= 0.3 is 11.9 Å². The van der Waals surface area contributed by atoms with Crippen molar-refractivity contribution in [1.29, 1.82) is 0 Å². The number of esters is 2. The molecule has 0 saturated carbocycles. The molecule has 1 aliphatic heterocycles. The molecule has 6 atom stereocenters. The van der Waals surface area contributed by atoms with E-state index in [2.05, 4.69) is 50.3 Å². The summed E-state index contributed by atoms with van der Waals surface area (Å²) >= 11 is 0. The van der Waals surface area contributed by atoms with Crippen molar-refractivity contribution in [3.05, 3.63) is 36.5 Å². The number of carbonyl (C=O) groups is 2. The van der Waals surface area contributed by atoms with Crippen molar-refractivity contribution in [2.75, 3.05) is 19.8 Å². The highest BCUT2D eigenvalue weighted by molar-refractivity contribution is 5.70. The number of aliphatic hydroxyl groups excluding tert-OH is 4. The Morgan fingerprint density at radius 3 is 1.58 bits per heavy atom. The molecule has 0 aliphatic carbocycles. The number of hydrogen-bond donors (Lipinski definition) is 4. The third-order valence-electron chi connectivity index (χ3n) is 10.00. The molecule has 1 rings (SSSR count). The smallest absolute Gasteiger partial charge is 0.306 e. The summed E-state index contributed by atoms with van der Waals surface area (Å²) in [6, 6.07) is 0. The topological polar surface area (TPSA) is 152 Å². The zero-order chi connectivity index (χ0) is 40.2. The lowest BCUT2D eigenvalue weighted by molar-refractivity contribution is -0.305. The summed E-state index contributed by atoms with van der Waals surface area (Å²) in [4.78, 5) is 25.3. The third-order valence-corrected chi connectivity index (χ3v) is 10.00. The Morgan fingerprint density at radius 1 is 0.564 bits per heavy atom. The second-order valence-corrected chi connectivity index (χ2v) is 15.1. The summed E-state index contributed by atoms with van der Waals surface area (Å²) in [6.07, 6.45) is 32.9. The molecule has 320 valence electrons. The van der Waals surface area contributed by atoms with Gasteiger partial charge in [-0.3, -0.25) is 9.59 Å². The fraction of sp³-hybridized carbons (Fsp3) is 0.822.